The van der Waals surface area contributed by atoms with Crippen LogP contribution in [0.25, 0.3) is 0 Å². The molecule has 1 aliphatic carbocycles. The van der Waals surface area contributed by atoms with Gasteiger partial charge < -0.3 is 10.5 Å². The van der Waals surface area contributed by atoms with E-state index in [1.54, 1.807) is 0 Å². The molecule has 1 heterocycles. The summed E-state index contributed by atoms with van der Waals surface area (Å²) in [5.41, 5.74) is 6.56. The van der Waals surface area contributed by atoms with Crippen LogP contribution in [0.2, 0.25) is 0 Å². The molecule has 118 valence electrons. The van der Waals surface area contributed by atoms with Gasteiger partial charge in [-0.2, -0.15) is 0 Å². The Morgan fingerprint density at radius 3 is 2.50 bits per heavy atom. The maximum atomic E-state index is 6.26. The molecular weight excluding hydrogens is 248 g/mol. The van der Waals surface area contributed by atoms with Gasteiger partial charge >= 0.3 is 0 Å². The van der Waals surface area contributed by atoms with E-state index in [2.05, 4.69) is 18.7 Å². The van der Waals surface area contributed by atoms with Gasteiger partial charge in [0.25, 0.3) is 0 Å². The molecule has 2 unspecified atom stereocenters. The molecule has 0 aromatic carbocycles. The van der Waals surface area contributed by atoms with Crippen LogP contribution >= 0.6 is 0 Å². The first-order chi connectivity index (χ1) is 9.61. The van der Waals surface area contributed by atoms with Gasteiger partial charge in [0.1, 0.15) is 0 Å². The van der Waals surface area contributed by atoms with E-state index in [4.69, 9.17) is 10.5 Å². The third-order valence-corrected chi connectivity index (χ3v) is 5.87. The van der Waals surface area contributed by atoms with Crippen molar-refractivity contribution in [1.29, 1.82) is 0 Å². The standard InChI is InChI=1S/C17H34N2O/c1-14(2)16-5-4-8-17(11-16,13-18)19-9-6-15(7-10-19)12-20-3/h14-16H,4-13,18H2,1-3H3. The monoisotopic (exact) mass is 282 g/mol. The Morgan fingerprint density at radius 1 is 1.25 bits per heavy atom. The van der Waals surface area contributed by atoms with Crippen molar-refractivity contribution < 1.29 is 4.74 Å². The summed E-state index contributed by atoms with van der Waals surface area (Å²) in [6.07, 6.45) is 7.94. The fraction of sp³-hybridized carbons (Fsp3) is 1.00. The number of piperidine rings is 1. The molecule has 2 rings (SSSR count). The summed E-state index contributed by atoms with van der Waals surface area (Å²) in [5.74, 6) is 2.42. The summed E-state index contributed by atoms with van der Waals surface area (Å²) >= 11 is 0. The molecule has 0 spiro atoms. The van der Waals surface area contributed by atoms with Gasteiger partial charge in [-0.05, 0) is 56.5 Å². The van der Waals surface area contributed by atoms with Crippen LogP contribution in [0.15, 0.2) is 0 Å². The maximum Gasteiger partial charge on any atom is 0.0491 e. The van der Waals surface area contributed by atoms with E-state index < -0.39 is 0 Å². The van der Waals surface area contributed by atoms with Crippen molar-refractivity contribution >= 4 is 0 Å². The molecule has 1 saturated carbocycles. The van der Waals surface area contributed by atoms with Gasteiger partial charge in [-0.15, -0.1) is 0 Å². The molecule has 2 aliphatic rings. The zero-order chi connectivity index (χ0) is 14.6. The lowest BCUT2D eigenvalue weighted by molar-refractivity contribution is -0.00713. The first kappa shape index (κ1) is 16.3. The van der Waals surface area contributed by atoms with Crippen molar-refractivity contribution in [3.05, 3.63) is 0 Å². The van der Waals surface area contributed by atoms with Crippen molar-refractivity contribution in [3.8, 4) is 0 Å². The highest BCUT2D eigenvalue weighted by Crippen LogP contribution is 2.41. The molecule has 2 atom stereocenters. The van der Waals surface area contributed by atoms with Crippen molar-refractivity contribution in [2.75, 3.05) is 33.4 Å². The van der Waals surface area contributed by atoms with Gasteiger partial charge in [0.05, 0.1) is 0 Å². The zero-order valence-electron chi connectivity index (χ0n) is 13.7. The van der Waals surface area contributed by atoms with Crippen molar-refractivity contribution in [2.45, 2.75) is 57.9 Å². The van der Waals surface area contributed by atoms with Gasteiger partial charge in [0, 0.05) is 25.8 Å². The van der Waals surface area contributed by atoms with Gasteiger partial charge in [-0.25, -0.2) is 0 Å². The highest BCUT2D eigenvalue weighted by atomic mass is 16.5. The Labute approximate surface area is 125 Å². The number of hydrogen-bond donors (Lipinski definition) is 1. The normalized spacial score (nSPS) is 33.8. The Balaban J connectivity index is 1.97. The molecule has 3 heteroatoms. The second kappa shape index (κ2) is 7.24. The highest BCUT2D eigenvalue weighted by molar-refractivity contribution is 4.98. The second-order valence-electron chi connectivity index (χ2n) is 7.41. The molecule has 0 amide bonds. The van der Waals surface area contributed by atoms with Crippen LogP contribution in [-0.4, -0.2) is 43.8 Å². The average molecular weight is 282 g/mol. The Hall–Kier alpha value is -0.120. The predicted octanol–water partition coefficient (Wildman–Crippen LogP) is 2.89. The van der Waals surface area contributed by atoms with E-state index in [1.807, 2.05) is 7.11 Å². The van der Waals surface area contributed by atoms with Crippen LogP contribution in [0.3, 0.4) is 0 Å². The number of hydrogen-bond acceptors (Lipinski definition) is 3. The SMILES string of the molecule is COCC1CCN(C2(CN)CCCC(C(C)C)C2)CC1. The second-order valence-corrected chi connectivity index (χ2v) is 7.41. The lowest BCUT2D eigenvalue weighted by atomic mass is 9.70. The molecule has 0 bridgehead atoms. The van der Waals surface area contributed by atoms with Crippen molar-refractivity contribution in [2.24, 2.45) is 23.5 Å². The van der Waals surface area contributed by atoms with Crippen LogP contribution < -0.4 is 5.73 Å². The minimum Gasteiger partial charge on any atom is -0.384 e. The number of rotatable bonds is 5. The Bertz CT molecular complexity index is 287. The summed E-state index contributed by atoms with van der Waals surface area (Å²) in [4.78, 5) is 2.73. The van der Waals surface area contributed by atoms with Crippen LogP contribution in [0, 0.1) is 17.8 Å². The summed E-state index contributed by atoms with van der Waals surface area (Å²) < 4.78 is 5.32. The van der Waals surface area contributed by atoms with E-state index in [0.717, 1.165) is 30.9 Å². The van der Waals surface area contributed by atoms with Crippen molar-refractivity contribution in [3.63, 3.8) is 0 Å². The third kappa shape index (κ3) is 3.55. The maximum absolute atomic E-state index is 6.26. The topological polar surface area (TPSA) is 38.5 Å². The molecule has 2 N–H and O–H groups in total. The Morgan fingerprint density at radius 2 is 1.95 bits per heavy atom. The summed E-state index contributed by atoms with van der Waals surface area (Å²) in [6, 6.07) is 0. The lowest BCUT2D eigenvalue weighted by Crippen LogP contribution is -2.58. The molecule has 1 aliphatic heterocycles. The van der Waals surface area contributed by atoms with E-state index in [9.17, 15) is 0 Å². The fourth-order valence-electron chi connectivity index (χ4n) is 4.37. The largest absolute Gasteiger partial charge is 0.384 e. The van der Waals surface area contributed by atoms with Crippen LogP contribution in [0.1, 0.15) is 52.4 Å². The minimum atomic E-state index is 0.297. The lowest BCUT2D eigenvalue weighted by Gasteiger charge is -2.51. The number of ether oxygens (including phenoxy) is 1. The zero-order valence-corrected chi connectivity index (χ0v) is 13.7. The minimum absolute atomic E-state index is 0.297. The number of methoxy groups -OCH3 is 1. The molecule has 0 aromatic heterocycles. The fourth-order valence-corrected chi connectivity index (χ4v) is 4.37. The van der Waals surface area contributed by atoms with Gasteiger partial charge in [0.15, 0.2) is 0 Å². The molecule has 3 nitrogen and oxygen atoms in total. The van der Waals surface area contributed by atoms with Crippen molar-refractivity contribution in [1.82, 2.24) is 4.90 Å². The van der Waals surface area contributed by atoms with E-state index in [1.165, 1.54) is 51.6 Å². The van der Waals surface area contributed by atoms with E-state index in [0.29, 0.717) is 5.54 Å². The first-order valence-corrected chi connectivity index (χ1v) is 8.55. The summed E-state index contributed by atoms with van der Waals surface area (Å²) in [6.45, 7) is 8.96. The smallest absolute Gasteiger partial charge is 0.0491 e. The summed E-state index contributed by atoms with van der Waals surface area (Å²) in [7, 11) is 1.82. The number of nitrogens with zero attached hydrogens (tertiary/aromatic N) is 1. The molecule has 0 radical (unpaired) electrons. The van der Waals surface area contributed by atoms with E-state index >= 15 is 0 Å². The van der Waals surface area contributed by atoms with Gasteiger partial charge in [0.2, 0.25) is 0 Å². The van der Waals surface area contributed by atoms with Gasteiger partial charge in [-0.1, -0.05) is 26.7 Å². The highest BCUT2D eigenvalue weighted by Gasteiger charge is 2.41. The third-order valence-electron chi connectivity index (χ3n) is 5.87. The quantitative estimate of drug-likeness (QED) is 0.842. The molecule has 2 fully saturated rings. The van der Waals surface area contributed by atoms with Crippen LogP contribution in [0.4, 0.5) is 0 Å². The molecule has 20 heavy (non-hydrogen) atoms. The predicted molar refractivity (Wildman–Crippen MR) is 84.8 cm³/mol. The first-order valence-electron chi connectivity index (χ1n) is 8.55. The molecule has 0 aromatic rings. The average Bonchev–Trinajstić information content (AvgIpc) is 2.48. The van der Waals surface area contributed by atoms with Gasteiger partial charge in [-0.3, -0.25) is 4.90 Å². The number of nitrogens with two attached hydrogens (primary N) is 1. The van der Waals surface area contributed by atoms with Crippen LogP contribution in [0.5, 0.6) is 0 Å². The van der Waals surface area contributed by atoms with Crippen LogP contribution in [-0.2, 0) is 4.74 Å². The Kier molecular flexibility index (Phi) is 5.88. The molecular formula is C17H34N2O. The molecule has 1 saturated heterocycles. The van der Waals surface area contributed by atoms with E-state index in [-0.39, 0.29) is 0 Å². The summed E-state index contributed by atoms with van der Waals surface area (Å²) in [5, 5.41) is 0. The number of likely N-dealkylation sites (tertiary alicyclic amines) is 1.